The first-order chi connectivity index (χ1) is 9.13. The number of pyridine rings is 1. The van der Waals surface area contributed by atoms with Gasteiger partial charge in [-0.3, -0.25) is 9.59 Å². The van der Waals surface area contributed by atoms with E-state index < -0.39 is 0 Å². The molecule has 0 radical (unpaired) electrons. The molecular formula is C14H17N3O2. The molecule has 1 aliphatic heterocycles. The summed E-state index contributed by atoms with van der Waals surface area (Å²) in [5, 5.41) is 2.80. The second-order valence-electron chi connectivity index (χ2n) is 5.39. The molecule has 0 unspecified atom stereocenters. The Labute approximate surface area is 112 Å². The average molecular weight is 259 g/mol. The number of aromatic nitrogens is 1. The first-order valence-electron chi connectivity index (χ1n) is 6.66. The van der Waals surface area contributed by atoms with Crippen molar-refractivity contribution >= 4 is 17.6 Å². The number of likely N-dealkylation sites (tertiary alicyclic amines) is 1. The highest BCUT2D eigenvalue weighted by atomic mass is 16.2. The van der Waals surface area contributed by atoms with Gasteiger partial charge in [-0.1, -0.05) is 0 Å². The summed E-state index contributed by atoms with van der Waals surface area (Å²) in [7, 11) is 0. The van der Waals surface area contributed by atoms with Crippen LogP contribution in [-0.4, -0.2) is 34.3 Å². The molecule has 1 aromatic heterocycles. The molecule has 0 aromatic carbocycles. The maximum atomic E-state index is 12.1. The summed E-state index contributed by atoms with van der Waals surface area (Å²) in [6.07, 6.45) is 4.16. The van der Waals surface area contributed by atoms with Gasteiger partial charge in [-0.2, -0.15) is 0 Å². The number of hydrogen-bond acceptors (Lipinski definition) is 3. The first-order valence-corrected chi connectivity index (χ1v) is 6.66. The van der Waals surface area contributed by atoms with Gasteiger partial charge in [0.15, 0.2) is 0 Å². The highest BCUT2D eigenvalue weighted by Crippen LogP contribution is 2.32. The lowest BCUT2D eigenvalue weighted by atomic mass is 10.1. The molecular weight excluding hydrogens is 242 g/mol. The molecule has 1 aliphatic carbocycles. The van der Waals surface area contributed by atoms with Gasteiger partial charge in [0.1, 0.15) is 5.82 Å². The van der Waals surface area contributed by atoms with Crippen molar-refractivity contribution in [3.05, 3.63) is 23.9 Å². The number of hydrogen-bond donors (Lipinski definition) is 1. The summed E-state index contributed by atoms with van der Waals surface area (Å²) < 4.78 is 0. The van der Waals surface area contributed by atoms with Crippen LogP contribution in [0.5, 0.6) is 0 Å². The Morgan fingerprint density at radius 3 is 2.95 bits per heavy atom. The predicted molar refractivity (Wildman–Crippen MR) is 70.4 cm³/mol. The van der Waals surface area contributed by atoms with Gasteiger partial charge in [0.2, 0.25) is 11.8 Å². The summed E-state index contributed by atoms with van der Waals surface area (Å²) in [6, 6.07) is 4.10. The molecule has 1 aromatic rings. The molecule has 1 saturated carbocycles. The van der Waals surface area contributed by atoms with Crippen LogP contribution in [0.1, 0.15) is 24.8 Å². The van der Waals surface area contributed by atoms with Crippen LogP contribution in [0.3, 0.4) is 0 Å². The summed E-state index contributed by atoms with van der Waals surface area (Å²) in [5.41, 5.74) is 1.05. The monoisotopic (exact) mass is 259 g/mol. The largest absolute Gasteiger partial charge is 0.339 e. The smallest absolute Gasteiger partial charge is 0.230 e. The Bertz CT molecular complexity index is 525. The van der Waals surface area contributed by atoms with E-state index in [0.29, 0.717) is 24.8 Å². The fourth-order valence-corrected chi connectivity index (χ4v) is 2.48. The minimum absolute atomic E-state index is 0.102. The van der Waals surface area contributed by atoms with Crippen LogP contribution in [0.4, 0.5) is 5.82 Å². The second-order valence-corrected chi connectivity index (χ2v) is 5.39. The third-order valence-electron chi connectivity index (χ3n) is 3.68. The van der Waals surface area contributed by atoms with E-state index in [1.807, 2.05) is 24.0 Å². The molecule has 0 spiro atoms. The number of amides is 2. The van der Waals surface area contributed by atoms with E-state index in [9.17, 15) is 9.59 Å². The van der Waals surface area contributed by atoms with Crippen LogP contribution in [0.15, 0.2) is 18.3 Å². The van der Waals surface area contributed by atoms with Gasteiger partial charge in [0.05, 0.1) is 5.92 Å². The van der Waals surface area contributed by atoms with E-state index >= 15 is 0 Å². The standard InChI is InChI=1S/C14H17N3O2/c1-9-4-5-15-12(6-9)16-14(19)10-7-13(18)17(8-10)11-2-3-11/h4-6,10-11H,2-3,7-8H2,1H3,(H,15,16,19)/t10-/m0/s1. The van der Waals surface area contributed by atoms with Crippen molar-refractivity contribution in [1.82, 2.24) is 9.88 Å². The molecule has 19 heavy (non-hydrogen) atoms. The normalized spacial score (nSPS) is 22.7. The van der Waals surface area contributed by atoms with Gasteiger partial charge in [-0.05, 0) is 37.5 Å². The molecule has 2 fully saturated rings. The van der Waals surface area contributed by atoms with Gasteiger partial charge in [0, 0.05) is 25.2 Å². The summed E-state index contributed by atoms with van der Waals surface area (Å²) >= 11 is 0. The van der Waals surface area contributed by atoms with Gasteiger partial charge < -0.3 is 10.2 Å². The Morgan fingerprint density at radius 1 is 1.47 bits per heavy atom. The molecule has 1 atom stereocenters. The molecule has 100 valence electrons. The Balaban J connectivity index is 1.63. The van der Waals surface area contributed by atoms with Gasteiger partial charge in [-0.15, -0.1) is 0 Å². The van der Waals surface area contributed by atoms with Crippen molar-refractivity contribution in [3.63, 3.8) is 0 Å². The van der Waals surface area contributed by atoms with Crippen LogP contribution < -0.4 is 5.32 Å². The minimum atomic E-state index is -0.240. The second kappa shape index (κ2) is 4.64. The van der Waals surface area contributed by atoms with Crippen molar-refractivity contribution in [2.75, 3.05) is 11.9 Å². The van der Waals surface area contributed by atoms with Crippen LogP contribution in [0.25, 0.3) is 0 Å². The Kier molecular flexibility index (Phi) is 2.97. The van der Waals surface area contributed by atoms with Crippen molar-refractivity contribution in [2.24, 2.45) is 5.92 Å². The number of nitrogens with zero attached hydrogens (tertiary/aromatic N) is 2. The maximum absolute atomic E-state index is 12.1. The number of rotatable bonds is 3. The van der Waals surface area contributed by atoms with E-state index in [0.717, 1.165) is 18.4 Å². The average Bonchev–Trinajstić information content (AvgIpc) is 3.12. The van der Waals surface area contributed by atoms with E-state index in [2.05, 4.69) is 10.3 Å². The molecule has 5 heteroatoms. The molecule has 1 N–H and O–H groups in total. The zero-order valence-electron chi connectivity index (χ0n) is 10.9. The lowest BCUT2D eigenvalue weighted by Crippen LogP contribution is -2.30. The minimum Gasteiger partial charge on any atom is -0.339 e. The lowest BCUT2D eigenvalue weighted by molar-refractivity contribution is -0.128. The molecule has 2 aliphatic rings. The number of aryl methyl sites for hydroxylation is 1. The van der Waals surface area contributed by atoms with E-state index in [1.165, 1.54) is 0 Å². The number of carbonyl (C=O) groups excluding carboxylic acids is 2. The third kappa shape index (κ3) is 2.59. The predicted octanol–water partition coefficient (Wildman–Crippen LogP) is 1.34. The first kappa shape index (κ1) is 12.1. The Hall–Kier alpha value is -1.91. The summed E-state index contributed by atoms with van der Waals surface area (Å²) in [4.78, 5) is 29.9. The van der Waals surface area contributed by atoms with Crippen LogP contribution in [0, 0.1) is 12.8 Å². The van der Waals surface area contributed by atoms with Crippen molar-refractivity contribution in [2.45, 2.75) is 32.2 Å². The molecule has 2 heterocycles. The zero-order valence-corrected chi connectivity index (χ0v) is 10.9. The highest BCUT2D eigenvalue weighted by Gasteiger charge is 2.41. The fourth-order valence-electron chi connectivity index (χ4n) is 2.48. The topological polar surface area (TPSA) is 62.3 Å². The summed E-state index contributed by atoms with van der Waals surface area (Å²) in [5.74, 6) is 0.326. The SMILES string of the molecule is Cc1ccnc(NC(=O)[C@H]2CC(=O)N(C3CC3)C2)c1. The van der Waals surface area contributed by atoms with E-state index in [4.69, 9.17) is 0 Å². The fraction of sp³-hybridized carbons (Fsp3) is 0.500. The Morgan fingerprint density at radius 2 is 2.26 bits per heavy atom. The summed E-state index contributed by atoms with van der Waals surface area (Å²) in [6.45, 7) is 2.51. The molecule has 5 nitrogen and oxygen atoms in total. The highest BCUT2D eigenvalue weighted by molar-refractivity contribution is 5.96. The van der Waals surface area contributed by atoms with Crippen molar-refractivity contribution < 1.29 is 9.59 Å². The maximum Gasteiger partial charge on any atom is 0.230 e. The molecule has 0 bridgehead atoms. The van der Waals surface area contributed by atoms with Gasteiger partial charge >= 0.3 is 0 Å². The van der Waals surface area contributed by atoms with Gasteiger partial charge in [-0.25, -0.2) is 4.98 Å². The van der Waals surface area contributed by atoms with Crippen LogP contribution in [0.2, 0.25) is 0 Å². The van der Waals surface area contributed by atoms with E-state index in [-0.39, 0.29) is 17.7 Å². The lowest BCUT2D eigenvalue weighted by Gasteiger charge is -2.15. The quantitative estimate of drug-likeness (QED) is 0.891. The molecule has 2 amide bonds. The van der Waals surface area contributed by atoms with E-state index in [1.54, 1.807) is 6.20 Å². The molecule has 3 rings (SSSR count). The van der Waals surface area contributed by atoms with Crippen LogP contribution >= 0.6 is 0 Å². The number of carbonyl (C=O) groups is 2. The van der Waals surface area contributed by atoms with Crippen LogP contribution in [-0.2, 0) is 9.59 Å². The van der Waals surface area contributed by atoms with Crippen molar-refractivity contribution in [1.29, 1.82) is 0 Å². The van der Waals surface area contributed by atoms with Gasteiger partial charge in [0.25, 0.3) is 0 Å². The molecule has 1 saturated heterocycles. The van der Waals surface area contributed by atoms with Crippen molar-refractivity contribution in [3.8, 4) is 0 Å². The zero-order chi connectivity index (χ0) is 13.4. The third-order valence-corrected chi connectivity index (χ3v) is 3.68. The number of nitrogens with one attached hydrogen (secondary N) is 1. The number of anilines is 1.